The molecule has 5 heteroatoms. The van der Waals surface area contributed by atoms with Gasteiger partial charge in [-0.1, -0.05) is 18.2 Å². The number of aromatic hydroxyl groups is 2. The van der Waals surface area contributed by atoms with Gasteiger partial charge in [0, 0.05) is 12.6 Å². The van der Waals surface area contributed by atoms with E-state index in [9.17, 15) is 14.6 Å². The molecule has 0 radical (unpaired) electrons. The van der Waals surface area contributed by atoms with Gasteiger partial charge in [0.1, 0.15) is 5.82 Å². The van der Waals surface area contributed by atoms with Gasteiger partial charge in [0.05, 0.1) is 11.7 Å². The highest BCUT2D eigenvalue weighted by atomic mass is 19.1. The van der Waals surface area contributed by atoms with Crippen molar-refractivity contribution in [3.05, 3.63) is 65.5 Å². The van der Waals surface area contributed by atoms with Gasteiger partial charge in [-0.05, 0) is 35.9 Å². The van der Waals surface area contributed by atoms with Crippen molar-refractivity contribution in [1.29, 1.82) is 0 Å². The van der Waals surface area contributed by atoms with Crippen LogP contribution in [0.1, 0.15) is 17.2 Å². The molecule has 0 saturated carbocycles. The van der Waals surface area contributed by atoms with Crippen molar-refractivity contribution >= 4 is 5.70 Å². The first-order valence-electron chi connectivity index (χ1n) is 6.54. The maximum atomic E-state index is 13.3. The Labute approximate surface area is 121 Å². The minimum atomic E-state index is -0.288. The fourth-order valence-electron chi connectivity index (χ4n) is 2.43. The smallest absolute Gasteiger partial charge is 0.157 e. The third-order valence-electron chi connectivity index (χ3n) is 3.52. The van der Waals surface area contributed by atoms with Gasteiger partial charge >= 0.3 is 0 Å². The van der Waals surface area contributed by atoms with E-state index in [-0.39, 0.29) is 23.4 Å². The predicted molar refractivity (Wildman–Crippen MR) is 77.8 cm³/mol. The SMILES string of the molecule is CN1NC(c2cccc(F)c2)=CC1c1ccc(O)c(O)c1. The second-order valence-corrected chi connectivity index (χ2v) is 5.01. The number of likely N-dealkylation sites (N-methyl/N-ethyl adjacent to an activating group) is 1. The third kappa shape index (κ3) is 2.55. The lowest BCUT2D eigenvalue weighted by molar-refractivity contribution is 0.260. The van der Waals surface area contributed by atoms with Crippen LogP contribution in [0.15, 0.2) is 48.5 Å². The van der Waals surface area contributed by atoms with Crippen LogP contribution in [0.5, 0.6) is 11.5 Å². The van der Waals surface area contributed by atoms with E-state index in [2.05, 4.69) is 5.43 Å². The highest BCUT2D eigenvalue weighted by Gasteiger charge is 2.24. The van der Waals surface area contributed by atoms with Crippen LogP contribution in [-0.2, 0) is 0 Å². The summed E-state index contributed by atoms with van der Waals surface area (Å²) in [6, 6.07) is 10.9. The molecule has 1 unspecified atom stereocenters. The van der Waals surface area contributed by atoms with Crippen molar-refractivity contribution in [2.75, 3.05) is 7.05 Å². The molecule has 0 aliphatic carbocycles. The van der Waals surface area contributed by atoms with Crippen molar-refractivity contribution in [2.24, 2.45) is 0 Å². The van der Waals surface area contributed by atoms with E-state index >= 15 is 0 Å². The molecule has 1 aliphatic rings. The second-order valence-electron chi connectivity index (χ2n) is 5.01. The zero-order valence-corrected chi connectivity index (χ0v) is 11.4. The second kappa shape index (κ2) is 5.10. The van der Waals surface area contributed by atoms with Crippen molar-refractivity contribution in [3.8, 4) is 11.5 Å². The number of hydrogen-bond acceptors (Lipinski definition) is 4. The van der Waals surface area contributed by atoms with Crippen LogP contribution in [0.4, 0.5) is 4.39 Å². The fraction of sp³-hybridized carbons (Fsp3) is 0.125. The molecule has 2 aromatic carbocycles. The maximum Gasteiger partial charge on any atom is 0.157 e. The summed E-state index contributed by atoms with van der Waals surface area (Å²) in [4.78, 5) is 0. The number of benzene rings is 2. The number of phenols is 2. The molecule has 4 nitrogen and oxygen atoms in total. The van der Waals surface area contributed by atoms with Crippen molar-refractivity contribution in [1.82, 2.24) is 10.4 Å². The van der Waals surface area contributed by atoms with Gasteiger partial charge < -0.3 is 15.6 Å². The van der Waals surface area contributed by atoms with Gasteiger partial charge in [-0.3, -0.25) is 0 Å². The van der Waals surface area contributed by atoms with Crippen LogP contribution in [-0.4, -0.2) is 22.3 Å². The van der Waals surface area contributed by atoms with Gasteiger partial charge in [0.15, 0.2) is 11.5 Å². The highest BCUT2D eigenvalue weighted by molar-refractivity contribution is 5.66. The average Bonchev–Trinajstić information content (AvgIpc) is 2.84. The minimum absolute atomic E-state index is 0.116. The lowest BCUT2D eigenvalue weighted by Crippen LogP contribution is -2.29. The first-order valence-corrected chi connectivity index (χ1v) is 6.54. The fourth-order valence-corrected chi connectivity index (χ4v) is 2.43. The minimum Gasteiger partial charge on any atom is -0.504 e. The molecule has 3 rings (SSSR count). The van der Waals surface area contributed by atoms with Crippen LogP contribution in [0, 0.1) is 5.82 Å². The molecule has 0 amide bonds. The molecule has 0 saturated heterocycles. The molecule has 0 aromatic heterocycles. The number of rotatable bonds is 2. The van der Waals surface area contributed by atoms with Gasteiger partial charge in [-0.15, -0.1) is 0 Å². The number of nitrogens with zero attached hydrogens (tertiary/aromatic N) is 1. The maximum absolute atomic E-state index is 13.3. The number of hydrogen-bond donors (Lipinski definition) is 3. The monoisotopic (exact) mass is 286 g/mol. The molecule has 1 aliphatic heterocycles. The van der Waals surface area contributed by atoms with E-state index in [1.807, 2.05) is 24.2 Å². The summed E-state index contributed by atoms with van der Waals surface area (Å²) >= 11 is 0. The summed E-state index contributed by atoms with van der Waals surface area (Å²) in [5.74, 6) is -0.598. The van der Waals surface area contributed by atoms with Gasteiger partial charge in [0.2, 0.25) is 0 Å². The summed E-state index contributed by atoms with van der Waals surface area (Å²) in [6.45, 7) is 0. The normalized spacial score (nSPS) is 18.4. The Balaban J connectivity index is 1.95. The van der Waals surface area contributed by atoms with Gasteiger partial charge in [-0.2, -0.15) is 0 Å². The molecule has 1 heterocycles. The van der Waals surface area contributed by atoms with Crippen LogP contribution in [0.25, 0.3) is 5.70 Å². The lowest BCUT2D eigenvalue weighted by Gasteiger charge is -2.20. The number of hydrazine groups is 1. The first-order chi connectivity index (χ1) is 10.0. The molecule has 108 valence electrons. The summed E-state index contributed by atoms with van der Waals surface area (Å²) in [5, 5.41) is 20.8. The summed E-state index contributed by atoms with van der Waals surface area (Å²) < 4.78 is 13.3. The molecule has 2 aromatic rings. The van der Waals surface area contributed by atoms with E-state index in [1.54, 1.807) is 12.1 Å². The predicted octanol–water partition coefficient (Wildman–Crippen LogP) is 2.77. The Hall–Kier alpha value is -2.53. The highest BCUT2D eigenvalue weighted by Crippen LogP contribution is 2.34. The first kappa shape index (κ1) is 13.5. The number of halogens is 1. The van der Waals surface area contributed by atoms with E-state index in [4.69, 9.17) is 0 Å². The summed E-state index contributed by atoms with van der Waals surface area (Å²) in [7, 11) is 1.86. The average molecular weight is 286 g/mol. The zero-order chi connectivity index (χ0) is 15.0. The van der Waals surface area contributed by atoms with Gasteiger partial charge in [-0.25, -0.2) is 9.40 Å². The molecule has 21 heavy (non-hydrogen) atoms. The Kier molecular flexibility index (Phi) is 3.27. The molecule has 0 fully saturated rings. The molecular formula is C16H15FN2O2. The van der Waals surface area contributed by atoms with Crippen LogP contribution < -0.4 is 5.43 Å². The van der Waals surface area contributed by atoms with Crippen molar-refractivity contribution in [3.63, 3.8) is 0 Å². The molecular weight excluding hydrogens is 271 g/mol. The van der Waals surface area contributed by atoms with Crippen LogP contribution in [0.3, 0.4) is 0 Å². The van der Waals surface area contributed by atoms with Gasteiger partial charge in [0.25, 0.3) is 0 Å². The standard InChI is InChI=1S/C16H15FN2O2/c1-19-14(11-5-6-15(20)16(21)8-11)9-13(18-19)10-3-2-4-12(17)7-10/h2-9,14,18,20-21H,1H3. The van der Waals surface area contributed by atoms with E-state index in [0.717, 1.165) is 16.8 Å². The summed E-state index contributed by atoms with van der Waals surface area (Å²) in [5.41, 5.74) is 5.55. The largest absolute Gasteiger partial charge is 0.504 e. The van der Waals surface area contributed by atoms with E-state index in [1.165, 1.54) is 24.3 Å². The van der Waals surface area contributed by atoms with E-state index < -0.39 is 0 Å². The molecule has 0 spiro atoms. The Bertz CT molecular complexity index is 715. The molecule has 1 atom stereocenters. The van der Waals surface area contributed by atoms with Crippen molar-refractivity contribution in [2.45, 2.75) is 6.04 Å². The number of nitrogens with one attached hydrogen (secondary N) is 1. The van der Waals surface area contributed by atoms with E-state index in [0.29, 0.717) is 0 Å². The quantitative estimate of drug-likeness (QED) is 0.743. The van der Waals surface area contributed by atoms with Crippen molar-refractivity contribution < 1.29 is 14.6 Å². The van der Waals surface area contributed by atoms with Crippen LogP contribution >= 0.6 is 0 Å². The zero-order valence-electron chi connectivity index (χ0n) is 11.4. The molecule has 3 N–H and O–H groups in total. The Morgan fingerprint density at radius 2 is 1.90 bits per heavy atom. The number of phenolic OH excluding ortho intramolecular Hbond substituents is 2. The third-order valence-corrected chi connectivity index (χ3v) is 3.52. The van der Waals surface area contributed by atoms with Crippen LogP contribution in [0.2, 0.25) is 0 Å². The lowest BCUT2D eigenvalue weighted by atomic mass is 10.0. The molecule has 0 bridgehead atoms. The Morgan fingerprint density at radius 3 is 2.62 bits per heavy atom. The topological polar surface area (TPSA) is 55.7 Å². The summed E-state index contributed by atoms with van der Waals surface area (Å²) in [6.07, 6.45) is 1.95. The Morgan fingerprint density at radius 1 is 1.10 bits per heavy atom.